The van der Waals surface area contributed by atoms with Crippen LogP contribution in [0.15, 0.2) is 24.3 Å². The molecule has 1 spiro atoms. The van der Waals surface area contributed by atoms with Crippen LogP contribution in [0.3, 0.4) is 0 Å². The average Bonchev–Trinajstić information content (AvgIpc) is 3.00. The van der Waals surface area contributed by atoms with Gasteiger partial charge in [0.1, 0.15) is 12.6 Å². The lowest BCUT2D eigenvalue weighted by molar-refractivity contribution is -0.922. The van der Waals surface area contributed by atoms with Gasteiger partial charge in [-0.05, 0) is 38.1 Å². The maximum Gasteiger partial charge on any atom is 0.166 e. The first-order valence-electron chi connectivity index (χ1n) is 11.3. The van der Waals surface area contributed by atoms with Gasteiger partial charge < -0.3 is 19.1 Å². The molecule has 0 radical (unpaired) electrons. The number of hydrogen-bond acceptors (Lipinski definition) is 4. The van der Waals surface area contributed by atoms with Crippen molar-refractivity contribution in [3.63, 3.8) is 0 Å². The van der Waals surface area contributed by atoms with Gasteiger partial charge in [0.05, 0.1) is 38.8 Å². The Morgan fingerprint density at radius 3 is 2.90 bits per heavy atom. The molecule has 5 rings (SSSR count). The van der Waals surface area contributed by atoms with Crippen LogP contribution in [0.1, 0.15) is 43.2 Å². The fourth-order valence-corrected chi connectivity index (χ4v) is 6.03. The quantitative estimate of drug-likeness (QED) is 0.625. The van der Waals surface area contributed by atoms with E-state index in [0.29, 0.717) is 6.42 Å². The van der Waals surface area contributed by atoms with Gasteiger partial charge in [-0.15, -0.1) is 0 Å². The number of aliphatic hydroxyl groups excluding tert-OH is 1. The second-order valence-corrected chi connectivity index (χ2v) is 9.82. The van der Waals surface area contributed by atoms with Crippen LogP contribution in [-0.4, -0.2) is 73.6 Å². The van der Waals surface area contributed by atoms with Crippen LogP contribution in [0.5, 0.6) is 11.5 Å². The minimum atomic E-state index is -0.419. The van der Waals surface area contributed by atoms with E-state index < -0.39 is 6.10 Å². The lowest BCUT2D eigenvalue weighted by atomic mass is 9.69. The van der Waals surface area contributed by atoms with E-state index >= 15 is 0 Å². The van der Waals surface area contributed by atoms with Gasteiger partial charge in [-0.2, -0.15) is 0 Å². The molecule has 1 aliphatic carbocycles. The zero-order valence-electron chi connectivity index (χ0n) is 17.9. The Bertz CT molecular complexity index is 804. The van der Waals surface area contributed by atoms with Crippen molar-refractivity contribution in [2.45, 2.75) is 56.3 Å². The highest BCUT2D eigenvalue weighted by atomic mass is 16.5. The van der Waals surface area contributed by atoms with Crippen molar-refractivity contribution in [3.8, 4) is 11.5 Å². The van der Waals surface area contributed by atoms with Gasteiger partial charge in [0.2, 0.25) is 0 Å². The van der Waals surface area contributed by atoms with Crippen molar-refractivity contribution < 1.29 is 19.1 Å². The number of aliphatic hydroxyl groups is 1. The second kappa shape index (κ2) is 7.29. The van der Waals surface area contributed by atoms with Crippen LogP contribution in [-0.2, 0) is 12.0 Å². The Hall–Kier alpha value is -1.56. The molecule has 3 heterocycles. The molecule has 1 N–H and O–H groups in total. The summed E-state index contributed by atoms with van der Waals surface area (Å²) in [7, 11) is 4.14. The first-order chi connectivity index (χ1) is 14.0. The van der Waals surface area contributed by atoms with E-state index in [-0.39, 0.29) is 11.5 Å². The van der Waals surface area contributed by atoms with Gasteiger partial charge in [0.25, 0.3) is 0 Å². The van der Waals surface area contributed by atoms with Gasteiger partial charge in [0.15, 0.2) is 11.5 Å². The van der Waals surface area contributed by atoms with Crippen molar-refractivity contribution in [2.24, 2.45) is 0 Å². The smallest absolute Gasteiger partial charge is 0.166 e. The van der Waals surface area contributed by atoms with Gasteiger partial charge >= 0.3 is 0 Å². The molecular formula is C24H35N2O3+. The molecular weight excluding hydrogens is 364 g/mol. The third-order valence-electron chi connectivity index (χ3n) is 7.82. The predicted octanol–water partition coefficient (Wildman–Crippen LogP) is 2.85. The summed E-state index contributed by atoms with van der Waals surface area (Å²) in [5, 5.41) is 10.3. The molecule has 0 bridgehead atoms. The highest BCUT2D eigenvalue weighted by molar-refractivity contribution is 5.60. The SMILES string of the molecule is COc1ccc2c3c1O[C@H]1C[C@@H](O)C=C[C@@]31CC[N+](C)(CCN1CCCCC1)C2. The van der Waals surface area contributed by atoms with Crippen LogP contribution in [0.4, 0.5) is 0 Å². The van der Waals surface area contributed by atoms with Gasteiger partial charge in [-0.1, -0.05) is 18.6 Å². The summed E-state index contributed by atoms with van der Waals surface area (Å²) in [6, 6.07) is 4.33. The molecule has 4 aliphatic rings. The Labute approximate surface area is 174 Å². The summed E-state index contributed by atoms with van der Waals surface area (Å²) in [5.74, 6) is 1.74. The van der Waals surface area contributed by atoms with Crippen molar-refractivity contribution in [2.75, 3.05) is 46.9 Å². The third-order valence-corrected chi connectivity index (χ3v) is 7.82. The van der Waals surface area contributed by atoms with E-state index in [0.717, 1.165) is 35.5 Å². The minimum absolute atomic E-state index is 0.00111. The van der Waals surface area contributed by atoms with Gasteiger partial charge in [-0.3, -0.25) is 4.90 Å². The zero-order valence-corrected chi connectivity index (χ0v) is 17.9. The van der Waals surface area contributed by atoms with Crippen molar-refractivity contribution in [1.29, 1.82) is 0 Å². The number of benzene rings is 1. The highest BCUT2D eigenvalue weighted by Crippen LogP contribution is 2.56. The molecule has 1 unspecified atom stereocenters. The topological polar surface area (TPSA) is 41.9 Å². The van der Waals surface area contributed by atoms with E-state index in [1.165, 1.54) is 56.6 Å². The van der Waals surface area contributed by atoms with E-state index in [4.69, 9.17) is 9.47 Å². The number of hydrogen-bond donors (Lipinski definition) is 1. The molecule has 0 aromatic heterocycles. The molecule has 3 aliphatic heterocycles. The molecule has 1 aromatic rings. The van der Waals surface area contributed by atoms with E-state index in [1.807, 2.05) is 6.08 Å². The number of piperidine rings is 1. The zero-order chi connectivity index (χ0) is 20.1. The summed E-state index contributed by atoms with van der Waals surface area (Å²) in [6.07, 6.45) is 9.63. The molecule has 5 heteroatoms. The summed E-state index contributed by atoms with van der Waals surface area (Å²) >= 11 is 0. The lowest BCUT2D eigenvalue weighted by Crippen LogP contribution is -2.50. The van der Waals surface area contributed by atoms with E-state index in [1.54, 1.807) is 7.11 Å². The largest absolute Gasteiger partial charge is 0.493 e. The molecule has 1 aromatic carbocycles. The standard InChI is InChI=1S/C24H35N2O3/c1-26(15-13-25-11-4-3-5-12-25)14-10-24-9-8-19(27)16-21(24)29-23-20(28-2)7-6-18(17-26)22(23)24/h6-9,19,21,27H,3-5,10-17H2,1-2H3/q+1/t19-,21-,24-,26?/m0/s1. The molecule has 0 amide bonds. The number of ether oxygens (including phenoxy) is 2. The molecule has 1 fully saturated rings. The monoisotopic (exact) mass is 399 g/mol. The van der Waals surface area contributed by atoms with Crippen LogP contribution in [0.25, 0.3) is 0 Å². The Morgan fingerprint density at radius 2 is 2.10 bits per heavy atom. The van der Waals surface area contributed by atoms with Crippen LogP contribution in [0, 0.1) is 0 Å². The number of likely N-dealkylation sites (tertiary alicyclic amines) is 1. The Kier molecular flexibility index (Phi) is 4.88. The van der Waals surface area contributed by atoms with Crippen molar-refractivity contribution in [1.82, 2.24) is 4.90 Å². The maximum absolute atomic E-state index is 10.3. The number of quaternary nitrogens is 1. The number of nitrogens with zero attached hydrogens (tertiary/aromatic N) is 2. The van der Waals surface area contributed by atoms with Crippen LogP contribution < -0.4 is 9.47 Å². The van der Waals surface area contributed by atoms with Crippen molar-refractivity contribution in [3.05, 3.63) is 35.4 Å². The lowest BCUT2D eigenvalue weighted by Gasteiger charge is -2.39. The minimum Gasteiger partial charge on any atom is -0.493 e. The van der Waals surface area contributed by atoms with Crippen LogP contribution >= 0.6 is 0 Å². The molecule has 29 heavy (non-hydrogen) atoms. The Morgan fingerprint density at radius 1 is 1.28 bits per heavy atom. The fourth-order valence-electron chi connectivity index (χ4n) is 6.03. The predicted molar refractivity (Wildman–Crippen MR) is 113 cm³/mol. The number of likely N-dealkylation sites (N-methyl/N-ethyl adjacent to an activating group) is 1. The second-order valence-electron chi connectivity index (χ2n) is 9.82. The number of rotatable bonds is 4. The van der Waals surface area contributed by atoms with Gasteiger partial charge in [-0.25, -0.2) is 0 Å². The summed E-state index contributed by atoms with van der Waals surface area (Å²) in [5.41, 5.74) is 2.59. The van der Waals surface area contributed by atoms with Crippen LogP contribution in [0.2, 0.25) is 0 Å². The third kappa shape index (κ3) is 3.28. The average molecular weight is 400 g/mol. The molecule has 158 valence electrons. The maximum atomic E-state index is 10.3. The highest BCUT2D eigenvalue weighted by Gasteiger charge is 2.54. The summed E-state index contributed by atoms with van der Waals surface area (Å²) < 4.78 is 13.2. The first kappa shape index (κ1) is 19.4. The van der Waals surface area contributed by atoms with E-state index in [2.05, 4.69) is 30.2 Å². The molecule has 1 saturated heterocycles. The normalized spacial score (nSPS) is 36.1. The van der Waals surface area contributed by atoms with Gasteiger partial charge in [0, 0.05) is 30.5 Å². The Balaban J connectivity index is 1.48. The summed E-state index contributed by atoms with van der Waals surface area (Å²) in [6.45, 7) is 7.07. The first-order valence-corrected chi connectivity index (χ1v) is 11.3. The number of methoxy groups -OCH3 is 1. The fraction of sp³-hybridized carbons (Fsp3) is 0.667. The van der Waals surface area contributed by atoms with Crippen molar-refractivity contribution >= 4 is 0 Å². The molecule has 4 atom stereocenters. The molecule has 5 nitrogen and oxygen atoms in total. The molecule has 0 saturated carbocycles. The van der Waals surface area contributed by atoms with E-state index in [9.17, 15) is 5.11 Å². The summed E-state index contributed by atoms with van der Waals surface area (Å²) in [4.78, 5) is 2.66.